The molecule has 176 valence electrons. The number of fused-ring (bicyclic) bond motifs is 1. The van der Waals surface area contributed by atoms with E-state index in [1.165, 1.54) is 18.7 Å². The predicted molar refractivity (Wildman–Crippen MR) is 128 cm³/mol. The molecule has 0 aliphatic carbocycles. The molecule has 4 rings (SSSR count). The summed E-state index contributed by atoms with van der Waals surface area (Å²) in [5, 5.41) is 0.599. The number of methoxy groups -OCH3 is 1. The summed E-state index contributed by atoms with van der Waals surface area (Å²) in [6.07, 6.45) is 0.554. The van der Waals surface area contributed by atoms with Crippen LogP contribution in [0, 0.1) is 6.92 Å². The Hall–Kier alpha value is -3.87. The standard InChI is InChI=1S/C27H27NO6/c1-16-22(28-24(33-16)17-6-9-19(10-7-17)27(2,3)4)12-13-32-20-11-8-18-14-21(25(29)31-5)26(30)34-23(18)15-20/h6-11,14-15H,12-13H2,1-5H3. The predicted octanol–water partition coefficient (Wildman–Crippen LogP) is 5.46. The second-order valence-corrected chi connectivity index (χ2v) is 9.09. The van der Waals surface area contributed by atoms with Crippen LogP contribution in [-0.2, 0) is 16.6 Å². The Labute approximate surface area is 197 Å². The third-order valence-corrected chi connectivity index (χ3v) is 5.61. The average molecular weight is 462 g/mol. The molecule has 7 heteroatoms. The number of rotatable bonds is 6. The van der Waals surface area contributed by atoms with Crippen molar-refractivity contribution in [3.8, 4) is 17.2 Å². The van der Waals surface area contributed by atoms with Crippen LogP contribution in [0.4, 0.5) is 0 Å². The van der Waals surface area contributed by atoms with Crippen LogP contribution >= 0.6 is 0 Å². The molecule has 0 unspecified atom stereocenters. The Balaban J connectivity index is 1.44. The Kier molecular flexibility index (Phi) is 6.28. The quantitative estimate of drug-likeness (QED) is 0.278. The molecule has 2 aromatic carbocycles. The molecule has 0 aliphatic heterocycles. The van der Waals surface area contributed by atoms with Gasteiger partial charge in [0.05, 0.1) is 19.4 Å². The van der Waals surface area contributed by atoms with Crippen molar-refractivity contribution in [3.05, 3.63) is 81.5 Å². The lowest BCUT2D eigenvalue weighted by Crippen LogP contribution is -2.14. The van der Waals surface area contributed by atoms with Gasteiger partial charge in [0, 0.05) is 23.4 Å². The lowest BCUT2D eigenvalue weighted by atomic mass is 9.87. The minimum Gasteiger partial charge on any atom is -0.493 e. The molecule has 0 amide bonds. The van der Waals surface area contributed by atoms with Gasteiger partial charge < -0.3 is 18.3 Å². The van der Waals surface area contributed by atoms with Crippen molar-refractivity contribution in [1.29, 1.82) is 0 Å². The van der Waals surface area contributed by atoms with E-state index >= 15 is 0 Å². The summed E-state index contributed by atoms with van der Waals surface area (Å²) in [5.74, 6) is 1.14. The number of carbonyl (C=O) groups excluding carboxylic acids is 1. The number of esters is 1. The number of nitrogens with zero attached hydrogens (tertiary/aromatic N) is 1. The van der Waals surface area contributed by atoms with E-state index in [-0.39, 0.29) is 11.0 Å². The number of carbonyl (C=O) groups is 1. The zero-order valence-corrected chi connectivity index (χ0v) is 19.9. The first-order valence-corrected chi connectivity index (χ1v) is 11.0. The highest BCUT2D eigenvalue weighted by molar-refractivity contribution is 5.92. The average Bonchev–Trinajstić information content (AvgIpc) is 3.18. The summed E-state index contributed by atoms with van der Waals surface area (Å²) in [4.78, 5) is 28.4. The van der Waals surface area contributed by atoms with E-state index in [0.29, 0.717) is 35.6 Å². The van der Waals surface area contributed by atoms with Crippen LogP contribution in [0.3, 0.4) is 0 Å². The Morgan fingerprint density at radius 3 is 2.44 bits per heavy atom. The van der Waals surface area contributed by atoms with Gasteiger partial charge in [-0.15, -0.1) is 0 Å². The summed E-state index contributed by atoms with van der Waals surface area (Å²) >= 11 is 0. The molecule has 7 nitrogen and oxygen atoms in total. The third kappa shape index (κ3) is 4.88. The molecule has 4 aromatic rings. The van der Waals surface area contributed by atoms with Crippen LogP contribution in [0.5, 0.6) is 5.75 Å². The van der Waals surface area contributed by atoms with Gasteiger partial charge in [-0.05, 0) is 48.2 Å². The van der Waals surface area contributed by atoms with E-state index in [4.69, 9.17) is 13.6 Å². The van der Waals surface area contributed by atoms with Gasteiger partial charge in [0.1, 0.15) is 22.7 Å². The molecule has 2 heterocycles. The van der Waals surface area contributed by atoms with Crippen molar-refractivity contribution < 1.29 is 23.1 Å². The second kappa shape index (κ2) is 9.17. The van der Waals surface area contributed by atoms with E-state index in [9.17, 15) is 9.59 Å². The molecule has 0 N–H and O–H groups in total. The fraction of sp³-hybridized carbons (Fsp3) is 0.296. The highest BCUT2D eigenvalue weighted by Gasteiger charge is 2.16. The minimum atomic E-state index is -0.752. The zero-order valence-electron chi connectivity index (χ0n) is 19.9. The molecule has 0 fully saturated rings. The van der Waals surface area contributed by atoms with E-state index in [1.807, 2.05) is 19.1 Å². The summed E-state index contributed by atoms with van der Waals surface area (Å²) in [5.41, 5.74) is 2.52. The van der Waals surface area contributed by atoms with Crippen LogP contribution in [0.15, 0.2) is 62.2 Å². The summed E-state index contributed by atoms with van der Waals surface area (Å²) < 4.78 is 21.6. The van der Waals surface area contributed by atoms with Gasteiger partial charge in [0.25, 0.3) is 0 Å². The molecule has 0 bridgehead atoms. The van der Waals surface area contributed by atoms with E-state index < -0.39 is 11.6 Å². The summed E-state index contributed by atoms with van der Waals surface area (Å²) in [6, 6.07) is 14.8. The molecule has 2 aromatic heterocycles. The SMILES string of the molecule is COC(=O)c1cc2ccc(OCCc3nc(-c4ccc(C(C)(C)C)cc4)oc3C)cc2oc1=O. The Morgan fingerprint density at radius 1 is 1.03 bits per heavy atom. The Morgan fingerprint density at radius 2 is 1.76 bits per heavy atom. The van der Waals surface area contributed by atoms with Crippen molar-refractivity contribution >= 4 is 16.9 Å². The fourth-order valence-electron chi connectivity index (χ4n) is 3.60. The van der Waals surface area contributed by atoms with Gasteiger partial charge in [-0.2, -0.15) is 0 Å². The smallest absolute Gasteiger partial charge is 0.351 e. The molecule has 0 saturated carbocycles. The maximum Gasteiger partial charge on any atom is 0.351 e. The first-order valence-electron chi connectivity index (χ1n) is 11.0. The molecular weight excluding hydrogens is 434 g/mol. The number of benzene rings is 2. The highest BCUT2D eigenvalue weighted by Crippen LogP contribution is 2.27. The van der Waals surface area contributed by atoms with E-state index in [1.54, 1.807) is 18.2 Å². The minimum absolute atomic E-state index is 0.0858. The van der Waals surface area contributed by atoms with Gasteiger partial charge in [-0.25, -0.2) is 14.6 Å². The number of hydrogen-bond acceptors (Lipinski definition) is 7. The van der Waals surface area contributed by atoms with Crippen LogP contribution in [0.2, 0.25) is 0 Å². The monoisotopic (exact) mass is 461 g/mol. The summed E-state index contributed by atoms with van der Waals surface area (Å²) in [7, 11) is 1.21. The zero-order chi connectivity index (χ0) is 24.5. The topological polar surface area (TPSA) is 91.8 Å². The summed E-state index contributed by atoms with van der Waals surface area (Å²) in [6.45, 7) is 8.79. The first kappa shape index (κ1) is 23.3. The van der Waals surface area contributed by atoms with Crippen LogP contribution in [0.1, 0.15) is 48.1 Å². The fourth-order valence-corrected chi connectivity index (χ4v) is 3.60. The largest absolute Gasteiger partial charge is 0.493 e. The molecule has 0 radical (unpaired) electrons. The first-order chi connectivity index (χ1) is 16.2. The number of aromatic nitrogens is 1. The van der Waals surface area contributed by atoms with E-state index in [0.717, 1.165) is 17.0 Å². The lowest BCUT2D eigenvalue weighted by molar-refractivity contribution is 0.0596. The normalized spacial score (nSPS) is 11.6. The van der Waals surface area contributed by atoms with Gasteiger partial charge >= 0.3 is 11.6 Å². The van der Waals surface area contributed by atoms with Gasteiger partial charge in [0.15, 0.2) is 0 Å². The highest BCUT2D eigenvalue weighted by atomic mass is 16.5. The van der Waals surface area contributed by atoms with Crippen molar-refractivity contribution in [2.45, 2.75) is 39.5 Å². The van der Waals surface area contributed by atoms with E-state index in [2.05, 4.69) is 42.6 Å². The van der Waals surface area contributed by atoms with Crippen LogP contribution in [0.25, 0.3) is 22.4 Å². The molecule has 0 spiro atoms. The third-order valence-electron chi connectivity index (χ3n) is 5.61. The Bertz CT molecular complexity index is 1390. The van der Waals surface area contributed by atoms with Crippen molar-refractivity contribution in [1.82, 2.24) is 4.98 Å². The molecule has 0 saturated heterocycles. The van der Waals surface area contributed by atoms with Crippen molar-refractivity contribution in [3.63, 3.8) is 0 Å². The number of aryl methyl sites for hydroxylation is 1. The van der Waals surface area contributed by atoms with Gasteiger partial charge in [-0.3, -0.25) is 0 Å². The maximum absolute atomic E-state index is 12.0. The van der Waals surface area contributed by atoms with Crippen LogP contribution in [-0.4, -0.2) is 24.7 Å². The van der Waals surface area contributed by atoms with Crippen LogP contribution < -0.4 is 10.4 Å². The number of ether oxygens (including phenoxy) is 2. The van der Waals surface area contributed by atoms with Gasteiger partial charge in [0.2, 0.25) is 5.89 Å². The van der Waals surface area contributed by atoms with Crippen molar-refractivity contribution in [2.24, 2.45) is 0 Å². The lowest BCUT2D eigenvalue weighted by Gasteiger charge is -2.18. The second-order valence-electron chi connectivity index (χ2n) is 9.09. The number of oxazole rings is 1. The maximum atomic E-state index is 12.0. The number of hydrogen-bond donors (Lipinski definition) is 0. The molecule has 0 aliphatic rings. The molecule has 0 atom stereocenters. The van der Waals surface area contributed by atoms with Gasteiger partial charge in [-0.1, -0.05) is 32.9 Å². The van der Waals surface area contributed by atoms with Crippen molar-refractivity contribution in [2.75, 3.05) is 13.7 Å². The molecule has 34 heavy (non-hydrogen) atoms. The molecular formula is C27H27NO6.